The van der Waals surface area contributed by atoms with Crippen molar-refractivity contribution in [2.45, 2.75) is 59.5 Å². The lowest BCUT2D eigenvalue weighted by molar-refractivity contribution is 0.0927. The highest BCUT2D eigenvalue weighted by Crippen LogP contribution is 2.23. The summed E-state index contributed by atoms with van der Waals surface area (Å²) in [5.74, 6) is -0.170. The van der Waals surface area contributed by atoms with E-state index in [1.54, 1.807) is 0 Å². The average molecular weight is 398 g/mol. The third-order valence-corrected chi connectivity index (χ3v) is 5.21. The third-order valence-electron chi connectivity index (χ3n) is 5.21. The van der Waals surface area contributed by atoms with Crippen LogP contribution in [0.15, 0.2) is 24.3 Å². The molecule has 7 nitrogen and oxygen atoms in total. The summed E-state index contributed by atoms with van der Waals surface area (Å²) in [6.07, 6.45) is 2.74. The van der Waals surface area contributed by atoms with E-state index >= 15 is 0 Å². The zero-order valence-corrected chi connectivity index (χ0v) is 17.8. The molecule has 1 aliphatic rings. The smallest absolute Gasteiger partial charge is 0.287 e. The quantitative estimate of drug-likeness (QED) is 0.750. The number of carbonyl (C=O) groups is 2. The maximum Gasteiger partial charge on any atom is 0.287 e. The van der Waals surface area contributed by atoms with Crippen molar-refractivity contribution in [1.82, 2.24) is 14.9 Å². The van der Waals surface area contributed by atoms with Gasteiger partial charge in [0.25, 0.3) is 11.8 Å². The lowest BCUT2D eigenvalue weighted by atomic mass is 10.1. The first kappa shape index (κ1) is 20.9. The van der Waals surface area contributed by atoms with E-state index in [9.17, 15) is 9.59 Å². The van der Waals surface area contributed by atoms with E-state index in [-0.39, 0.29) is 17.9 Å². The molecule has 29 heavy (non-hydrogen) atoms. The van der Waals surface area contributed by atoms with Crippen LogP contribution in [0.3, 0.4) is 0 Å². The molecule has 7 heteroatoms. The lowest BCUT2D eigenvalue weighted by Gasteiger charge is -2.21. The molecule has 2 heterocycles. The molecule has 0 saturated carbocycles. The minimum absolute atomic E-state index is 0.0145. The Bertz CT molecular complexity index is 866. The second-order valence-electron chi connectivity index (χ2n) is 7.64. The Morgan fingerprint density at radius 3 is 2.41 bits per heavy atom. The van der Waals surface area contributed by atoms with Crippen LogP contribution in [0.25, 0.3) is 0 Å². The number of fused-ring (bicyclic) bond motifs is 1. The zero-order valence-electron chi connectivity index (χ0n) is 17.8. The van der Waals surface area contributed by atoms with Gasteiger partial charge in [-0.05, 0) is 71.2 Å². The van der Waals surface area contributed by atoms with E-state index in [0.717, 1.165) is 56.0 Å². The second kappa shape index (κ2) is 9.11. The number of hydrogen-bond donors (Lipinski definition) is 2. The van der Waals surface area contributed by atoms with Crippen LogP contribution in [0.4, 0.5) is 11.4 Å². The summed E-state index contributed by atoms with van der Waals surface area (Å²) in [7, 11) is 0. The van der Waals surface area contributed by atoms with Crippen LogP contribution in [0.2, 0.25) is 0 Å². The maximum atomic E-state index is 12.9. The van der Waals surface area contributed by atoms with Crippen molar-refractivity contribution in [1.29, 1.82) is 0 Å². The Kier molecular flexibility index (Phi) is 6.56. The summed E-state index contributed by atoms with van der Waals surface area (Å²) >= 11 is 0. The maximum absolute atomic E-state index is 12.9. The topological polar surface area (TPSA) is 79.3 Å². The molecule has 0 aliphatic carbocycles. The molecule has 2 N–H and O–H groups in total. The van der Waals surface area contributed by atoms with Crippen molar-refractivity contribution in [2.24, 2.45) is 0 Å². The number of anilines is 2. The summed E-state index contributed by atoms with van der Waals surface area (Å²) < 4.78 is 1.90. The fourth-order valence-corrected chi connectivity index (χ4v) is 3.76. The fourth-order valence-electron chi connectivity index (χ4n) is 3.76. The molecule has 1 aliphatic heterocycles. The highest BCUT2D eigenvalue weighted by molar-refractivity contribution is 6.05. The first-order valence-corrected chi connectivity index (χ1v) is 10.5. The van der Waals surface area contributed by atoms with Gasteiger partial charge < -0.3 is 20.1 Å². The number of benzene rings is 1. The van der Waals surface area contributed by atoms with Crippen molar-refractivity contribution >= 4 is 23.2 Å². The van der Waals surface area contributed by atoms with Gasteiger partial charge in [0.1, 0.15) is 0 Å². The molecule has 156 valence electrons. The first-order valence-electron chi connectivity index (χ1n) is 10.5. The first-order chi connectivity index (χ1) is 13.9. The van der Waals surface area contributed by atoms with Crippen molar-refractivity contribution in [3.8, 4) is 0 Å². The summed E-state index contributed by atoms with van der Waals surface area (Å²) in [5.41, 5.74) is 3.05. The Morgan fingerprint density at radius 2 is 1.79 bits per heavy atom. The normalized spacial score (nSPS) is 13.1. The number of aromatic nitrogens is 2. The molecular weight excluding hydrogens is 366 g/mol. The molecule has 0 fully saturated rings. The lowest BCUT2D eigenvalue weighted by Crippen LogP contribution is -2.33. The predicted octanol–water partition coefficient (Wildman–Crippen LogP) is 3.46. The van der Waals surface area contributed by atoms with Crippen molar-refractivity contribution < 1.29 is 9.59 Å². The van der Waals surface area contributed by atoms with Crippen LogP contribution in [0.1, 0.15) is 67.3 Å². The number of nitrogens with one attached hydrogen (secondary N) is 2. The second-order valence-corrected chi connectivity index (χ2v) is 7.64. The van der Waals surface area contributed by atoms with Gasteiger partial charge in [-0.25, -0.2) is 4.98 Å². The average Bonchev–Trinajstić information content (AvgIpc) is 3.10. The molecule has 0 atom stereocenters. The van der Waals surface area contributed by atoms with Crippen LogP contribution in [0, 0.1) is 0 Å². The standard InChI is InChI=1S/C22H31N5O2/c1-5-26(6-2)17-12-10-16(11-13-17)24-21(28)19-18-9-7-8-14-27(18)20(25-19)22(29)23-15(3)4/h10-13,15H,5-9,14H2,1-4H3,(H,23,29)(H,24,28). The van der Waals surface area contributed by atoms with Crippen LogP contribution in [-0.4, -0.2) is 40.5 Å². The van der Waals surface area contributed by atoms with Crippen LogP contribution >= 0.6 is 0 Å². The van der Waals surface area contributed by atoms with Crippen molar-refractivity contribution in [2.75, 3.05) is 23.3 Å². The number of nitrogens with zero attached hydrogens (tertiary/aromatic N) is 3. The third kappa shape index (κ3) is 4.60. The van der Waals surface area contributed by atoms with Crippen molar-refractivity contribution in [3.63, 3.8) is 0 Å². The van der Waals surface area contributed by atoms with Crippen molar-refractivity contribution in [3.05, 3.63) is 41.5 Å². The zero-order chi connectivity index (χ0) is 21.0. The molecule has 0 radical (unpaired) electrons. The number of imidazole rings is 1. The Morgan fingerprint density at radius 1 is 1.10 bits per heavy atom. The molecule has 0 saturated heterocycles. The van der Waals surface area contributed by atoms with E-state index in [2.05, 4.69) is 34.4 Å². The largest absolute Gasteiger partial charge is 0.372 e. The van der Waals surface area contributed by atoms with Crippen LogP contribution in [0.5, 0.6) is 0 Å². The summed E-state index contributed by atoms with van der Waals surface area (Å²) in [5, 5.41) is 5.82. The monoisotopic (exact) mass is 397 g/mol. The van der Waals surface area contributed by atoms with Gasteiger partial charge in [-0.2, -0.15) is 0 Å². The number of carbonyl (C=O) groups excluding carboxylic acids is 2. The predicted molar refractivity (Wildman–Crippen MR) is 116 cm³/mol. The van der Waals surface area contributed by atoms with Crippen LogP contribution < -0.4 is 15.5 Å². The van der Waals surface area contributed by atoms with E-state index in [4.69, 9.17) is 0 Å². The minimum Gasteiger partial charge on any atom is -0.372 e. The SMILES string of the molecule is CCN(CC)c1ccc(NC(=O)c2nc(C(=O)NC(C)C)n3c2CCCC3)cc1. The Labute approximate surface area is 172 Å². The number of amides is 2. The molecule has 0 bridgehead atoms. The summed E-state index contributed by atoms with van der Waals surface area (Å²) in [6, 6.07) is 7.83. The highest BCUT2D eigenvalue weighted by atomic mass is 16.2. The van der Waals surface area contributed by atoms with Gasteiger partial charge in [0.15, 0.2) is 11.5 Å². The Hall–Kier alpha value is -2.83. The highest BCUT2D eigenvalue weighted by Gasteiger charge is 2.27. The van der Waals surface area contributed by atoms with E-state index in [1.807, 2.05) is 42.7 Å². The van der Waals surface area contributed by atoms with E-state index in [1.165, 1.54) is 0 Å². The molecule has 3 rings (SSSR count). The minimum atomic E-state index is -0.269. The molecule has 0 spiro atoms. The molecule has 2 amide bonds. The van der Waals surface area contributed by atoms with Gasteiger partial charge in [-0.3, -0.25) is 9.59 Å². The molecule has 0 unspecified atom stereocenters. The van der Waals surface area contributed by atoms with Gasteiger partial charge >= 0.3 is 0 Å². The van der Waals surface area contributed by atoms with Gasteiger partial charge in [0.2, 0.25) is 0 Å². The van der Waals surface area contributed by atoms with Gasteiger partial charge in [-0.1, -0.05) is 0 Å². The Balaban J connectivity index is 1.82. The summed E-state index contributed by atoms with van der Waals surface area (Å²) in [6.45, 7) is 10.6. The number of hydrogen-bond acceptors (Lipinski definition) is 4. The molecule has 1 aromatic carbocycles. The van der Waals surface area contributed by atoms with Gasteiger partial charge in [0.05, 0.1) is 5.69 Å². The number of rotatable bonds is 7. The van der Waals surface area contributed by atoms with Gasteiger partial charge in [-0.15, -0.1) is 0 Å². The van der Waals surface area contributed by atoms with E-state index in [0.29, 0.717) is 11.5 Å². The summed E-state index contributed by atoms with van der Waals surface area (Å²) in [4.78, 5) is 32.2. The fraction of sp³-hybridized carbons (Fsp3) is 0.500. The molecular formula is C22H31N5O2. The molecule has 1 aromatic heterocycles. The van der Waals surface area contributed by atoms with Gasteiger partial charge in [0, 0.05) is 37.1 Å². The van der Waals surface area contributed by atoms with E-state index < -0.39 is 0 Å². The molecule has 2 aromatic rings. The van der Waals surface area contributed by atoms with Crippen LogP contribution in [-0.2, 0) is 13.0 Å².